The molecular weight excluding hydrogens is 218 g/mol. The van der Waals surface area contributed by atoms with Crippen LogP contribution in [0.1, 0.15) is 71.6 Å². The predicted octanol–water partition coefficient (Wildman–Crippen LogP) is 4.62. The van der Waals surface area contributed by atoms with Crippen LogP contribution in [-0.2, 0) is 0 Å². The molecule has 2 aliphatic carbocycles. The minimum atomic E-state index is 0.807. The highest BCUT2D eigenvalue weighted by atomic mass is 14.9. The minimum absolute atomic E-state index is 0.807. The molecule has 1 nitrogen and oxygen atoms in total. The summed E-state index contributed by atoms with van der Waals surface area (Å²) in [5, 5.41) is 3.71. The van der Waals surface area contributed by atoms with Crippen molar-refractivity contribution in [2.45, 2.75) is 77.7 Å². The van der Waals surface area contributed by atoms with E-state index >= 15 is 0 Å². The molecule has 0 spiro atoms. The molecule has 0 aromatic carbocycles. The second-order valence-electron chi connectivity index (χ2n) is 7.05. The SMILES string of the molecule is CCC1CCCC(C(NC)C2CCCC(C)C2)C1. The lowest BCUT2D eigenvalue weighted by atomic mass is 9.69. The Hall–Kier alpha value is -0.0400. The van der Waals surface area contributed by atoms with Gasteiger partial charge in [0, 0.05) is 6.04 Å². The van der Waals surface area contributed by atoms with E-state index in [1.165, 1.54) is 57.8 Å². The maximum absolute atomic E-state index is 3.71. The van der Waals surface area contributed by atoms with E-state index in [2.05, 4.69) is 26.2 Å². The van der Waals surface area contributed by atoms with E-state index in [1.54, 1.807) is 0 Å². The van der Waals surface area contributed by atoms with Crippen LogP contribution in [0.5, 0.6) is 0 Å². The first-order chi connectivity index (χ1) is 8.74. The van der Waals surface area contributed by atoms with E-state index in [1.807, 2.05) is 0 Å². The third-order valence-electron chi connectivity index (χ3n) is 5.73. The van der Waals surface area contributed by atoms with Crippen molar-refractivity contribution in [3.63, 3.8) is 0 Å². The molecule has 2 rings (SSSR count). The maximum Gasteiger partial charge on any atom is 0.0121 e. The summed E-state index contributed by atoms with van der Waals surface area (Å²) in [6.07, 6.45) is 13.2. The van der Waals surface area contributed by atoms with Gasteiger partial charge in [-0.25, -0.2) is 0 Å². The summed E-state index contributed by atoms with van der Waals surface area (Å²) >= 11 is 0. The maximum atomic E-state index is 3.71. The van der Waals surface area contributed by atoms with Crippen molar-refractivity contribution >= 4 is 0 Å². The van der Waals surface area contributed by atoms with E-state index < -0.39 is 0 Å². The summed E-state index contributed by atoms with van der Waals surface area (Å²) in [6, 6.07) is 0.807. The summed E-state index contributed by atoms with van der Waals surface area (Å²) in [4.78, 5) is 0. The van der Waals surface area contributed by atoms with Crippen molar-refractivity contribution in [2.24, 2.45) is 23.7 Å². The average Bonchev–Trinajstić information content (AvgIpc) is 2.40. The Morgan fingerprint density at radius 3 is 2.28 bits per heavy atom. The van der Waals surface area contributed by atoms with Crippen molar-refractivity contribution in [1.82, 2.24) is 5.32 Å². The van der Waals surface area contributed by atoms with Gasteiger partial charge in [-0.1, -0.05) is 46.0 Å². The van der Waals surface area contributed by atoms with Crippen LogP contribution in [0, 0.1) is 23.7 Å². The highest BCUT2D eigenvalue weighted by molar-refractivity contribution is 4.88. The third kappa shape index (κ3) is 3.50. The summed E-state index contributed by atoms with van der Waals surface area (Å²) < 4.78 is 0. The van der Waals surface area contributed by atoms with Gasteiger partial charge in [0.2, 0.25) is 0 Å². The van der Waals surface area contributed by atoms with Gasteiger partial charge in [0.05, 0.1) is 0 Å². The van der Waals surface area contributed by atoms with Crippen LogP contribution < -0.4 is 5.32 Å². The number of hydrogen-bond acceptors (Lipinski definition) is 1. The van der Waals surface area contributed by atoms with Crippen molar-refractivity contribution in [3.8, 4) is 0 Å². The molecular formula is C17H33N. The van der Waals surface area contributed by atoms with Gasteiger partial charge >= 0.3 is 0 Å². The Kier molecular flexibility index (Phi) is 5.54. The summed E-state index contributed by atoms with van der Waals surface area (Å²) in [5.41, 5.74) is 0. The van der Waals surface area contributed by atoms with Gasteiger partial charge in [-0.15, -0.1) is 0 Å². The molecule has 0 saturated heterocycles. The molecule has 106 valence electrons. The second kappa shape index (κ2) is 6.93. The zero-order chi connectivity index (χ0) is 13.0. The lowest BCUT2D eigenvalue weighted by Gasteiger charge is -2.41. The zero-order valence-corrected chi connectivity index (χ0v) is 12.8. The normalized spacial score (nSPS) is 39.5. The van der Waals surface area contributed by atoms with Crippen LogP contribution in [0.3, 0.4) is 0 Å². The van der Waals surface area contributed by atoms with Crippen LogP contribution in [0.15, 0.2) is 0 Å². The molecule has 1 N–H and O–H groups in total. The molecule has 0 radical (unpaired) electrons. The Morgan fingerprint density at radius 2 is 1.67 bits per heavy atom. The largest absolute Gasteiger partial charge is 0.316 e. The Balaban J connectivity index is 1.94. The van der Waals surface area contributed by atoms with Crippen LogP contribution in [-0.4, -0.2) is 13.1 Å². The average molecular weight is 251 g/mol. The minimum Gasteiger partial charge on any atom is -0.316 e. The van der Waals surface area contributed by atoms with Gasteiger partial charge in [-0.05, 0) is 56.4 Å². The molecule has 2 saturated carbocycles. The summed E-state index contributed by atoms with van der Waals surface area (Å²) in [7, 11) is 2.21. The van der Waals surface area contributed by atoms with E-state index in [0.717, 1.165) is 29.7 Å². The Morgan fingerprint density at radius 1 is 1.00 bits per heavy atom. The van der Waals surface area contributed by atoms with Crippen molar-refractivity contribution in [2.75, 3.05) is 7.05 Å². The number of hydrogen-bond donors (Lipinski definition) is 1. The molecule has 2 fully saturated rings. The quantitative estimate of drug-likeness (QED) is 0.769. The first-order valence-corrected chi connectivity index (χ1v) is 8.41. The molecule has 0 aliphatic heterocycles. The predicted molar refractivity (Wildman–Crippen MR) is 79.7 cm³/mol. The molecule has 0 amide bonds. The van der Waals surface area contributed by atoms with Crippen molar-refractivity contribution < 1.29 is 0 Å². The molecule has 0 aromatic heterocycles. The molecule has 5 unspecified atom stereocenters. The molecule has 0 aromatic rings. The third-order valence-corrected chi connectivity index (χ3v) is 5.73. The van der Waals surface area contributed by atoms with Gasteiger partial charge in [0.25, 0.3) is 0 Å². The zero-order valence-electron chi connectivity index (χ0n) is 12.8. The van der Waals surface area contributed by atoms with Crippen LogP contribution >= 0.6 is 0 Å². The molecule has 2 aliphatic rings. The highest BCUT2D eigenvalue weighted by Gasteiger charge is 2.33. The fraction of sp³-hybridized carbons (Fsp3) is 1.00. The second-order valence-corrected chi connectivity index (χ2v) is 7.05. The van der Waals surface area contributed by atoms with Gasteiger partial charge in [-0.3, -0.25) is 0 Å². The Labute approximate surface area is 114 Å². The molecule has 18 heavy (non-hydrogen) atoms. The molecule has 0 bridgehead atoms. The lowest BCUT2D eigenvalue weighted by molar-refractivity contribution is 0.135. The van der Waals surface area contributed by atoms with Gasteiger partial charge < -0.3 is 5.32 Å². The van der Waals surface area contributed by atoms with E-state index in [-0.39, 0.29) is 0 Å². The first-order valence-electron chi connectivity index (χ1n) is 8.41. The van der Waals surface area contributed by atoms with Crippen molar-refractivity contribution in [3.05, 3.63) is 0 Å². The highest BCUT2D eigenvalue weighted by Crippen LogP contribution is 2.39. The topological polar surface area (TPSA) is 12.0 Å². The van der Waals surface area contributed by atoms with E-state index in [9.17, 15) is 0 Å². The van der Waals surface area contributed by atoms with Gasteiger partial charge in [-0.2, -0.15) is 0 Å². The van der Waals surface area contributed by atoms with Crippen molar-refractivity contribution in [1.29, 1.82) is 0 Å². The van der Waals surface area contributed by atoms with E-state index in [0.29, 0.717) is 0 Å². The standard InChI is InChI=1S/C17H33N/c1-4-14-8-6-10-16(12-14)17(18-3)15-9-5-7-13(2)11-15/h13-18H,4-12H2,1-3H3. The smallest absolute Gasteiger partial charge is 0.0121 e. The molecule has 0 heterocycles. The first kappa shape index (κ1) is 14.4. The van der Waals surface area contributed by atoms with Gasteiger partial charge in [0.1, 0.15) is 0 Å². The number of nitrogens with one attached hydrogen (secondary N) is 1. The van der Waals surface area contributed by atoms with E-state index in [4.69, 9.17) is 0 Å². The summed E-state index contributed by atoms with van der Waals surface area (Å²) in [5.74, 6) is 3.90. The Bertz CT molecular complexity index is 238. The molecule has 5 atom stereocenters. The van der Waals surface area contributed by atoms with Gasteiger partial charge in [0.15, 0.2) is 0 Å². The number of rotatable bonds is 4. The molecule has 1 heteroatoms. The fourth-order valence-electron chi connectivity index (χ4n) is 4.69. The monoisotopic (exact) mass is 251 g/mol. The summed E-state index contributed by atoms with van der Waals surface area (Å²) in [6.45, 7) is 4.83. The fourth-order valence-corrected chi connectivity index (χ4v) is 4.69. The lowest BCUT2D eigenvalue weighted by Crippen LogP contribution is -2.43. The van der Waals surface area contributed by atoms with Crippen LogP contribution in [0.2, 0.25) is 0 Å². The van der Waals surface area contributed by atoms with Crippen LogP contribution in [0.4, 0.5) is 0 Å². The van der Waals surface area contributed by atoms with Crippen LogP contribution in [0.25, 0.3) is 0 Å².